The molecular formula is C18H18FN3O3. The maximum absolute atomic E-state index is 13.8. The van der Waals surface area contributed by atoms with Gasteiger partial charge in [0.25, 0.3) is 5.91 Å². The van der Waals surface area contributed by atoms with Crippen molar-refractivity contribution in [2.75, 3.05) is 19.7 Å². The highest BCUT2D eigenvalue weighted by Gasteiger charge is 2.40. The summed E-state index contributed by atoms with van der Waals surface area (Å²) in [5.41, 5.74) is 5.21. The van der Waals surface area contributed by atoms with Crippen LogP contribution in [0.25, 0.3) is 0 Å². The fraction of sp³-hybridized carbons (Fsp3) is 0.278. The molecule has 2 aromatic rings. The Labute approximate surface area is 144 Å². The molecule has 0 saturated carbocycles. The number of benzene rings is 1. The lowest BCUT2D eigenvalue weighted by Gasteiger charge is -2.16. The quantitative estimate of drug-likeness (QED) is 0.891. The first-order chi connectivity index (χ1) is 12.1. The van der Waals surface area contributed by atoms with E-state index in [-0.39, 0.29) is 31.3 Å². The van der Waals surface area contributed by atoms with E-state index in [1.165, 1.54) is 23.2 Å². The lowest BCUT2D eigenvalue weighted by Crippen LogP contribution is -2.33. The number of pyridine rings is 1. The number of nitrogens with zero attached hydrogens (tertiary/aromatic N) is 2. The normalized spacial score (nSPS) is 19.6. The van der Waals surface area contributed by atoms with Crippen molar-refractivity contribution in [1.29, 1.82) is 0 Å². The summed E-state index contributed by atoms with van der Waals surface area (Å²) in [6, 6.07) is 11.8. The van der Waals surface area contributed by atoms with Crippen LogP contribution in [-0.2, 0) is 4.79 Å². The number of nitrogens with two attached hydrogens (primary N) is 1. The van der Waals surface area contributed by atoms with Gasteiger partial charge in [0.05, 0.1) is 12.5 Å². The van der Waals surface area contributed by atoms with E-state index in [0.29, 0.717) is 5.75 Å². The van der Waals surface area contributed by atoms with Crippen molar-refractivity contribution in [1.82, 2.24) is 9.88 Å². The van der Waals surface area contributed by atoms with Crippen LogP contribution in [0, 0.1) is 17.7 Å². The molecule has 1 aliphatic heterocycles. The second-order valence-electron chi connectivity index (χ2n) is 5.94. The summed E-state index contributed by atoms with van der Waals surface area (Å²) in [5, 5.41) is 0. The van der Waals surface area contributed by atoms with Gasteiger partial charge in [-0.1, -0.05) is 18.2 Å². The van der Waals surface area contributed by atoms with Gasteiger partial charge in [-0.3, -0.25) is 9.59 Å². The first-order valence-electron chi connectivity index (χ1n) is 7.93. The average molecular weight is 343 g/mol. The number of carbonyl (C=O) groups excluding carboxylic acids is 2. The number of ether oxygens (including phenoxy) is 1. The summed E-state index contributed by atoms with van der Waals surface area (Å²) < 4.78 is 19.5. The molecule has 25 heavy (non-hydrogen) atoms. The molecule has 1 fully saturated rings. The molecule has 0 radical (unpaired) electrons. The van der Waals surface area contributed by atoms with E-state index in [1.54, 1.807) is 12.1 Å². The molecule has 1 aromatic carbocycles. The van der Waals surface area contributed by atoms with Crippen molar-refractivity contribution in [2.24, 2.45) is 17.6 Å². The summed E-state index contributed by atoms with van der Waals surface area (Å²) in [6.45, 7) is 0.633. The number of primary amides is 1. The van der Waals surface area contributed by atoms with Crippen LogP contribution in [0.2, 0.25) is 0 Å². The van der Waals surface area contributed by atoms with Crippen LogP contribution in [0.15, 0.2) is 48.7 Å². The van der Waals surface area contributed by atoms with Crippen LogP contribution in [0.1, 0.15) is 10.5 Å². The summed E-state index contributed by atoms with van der Waals surface area (Å²) in [7, 11) is 0. The SMILES string of the molecule is NC(=O)[C@@H]1CN(C(=O)c2ncccc2F)C[C@H]1COc1ccccc1. The second kappa shape index (κ2) is 7.29. The highest BCUT2D eigenvalue weighted by atomic mass is 19.1. The van der Waals surface area contributed by atoms with Gasteiger partial charge in [0.1, 0.15) is 5.75 Å². The third-order valence-electron chi connectivity index (χ3n) is 4.26. The summed E-state index contributed by atoms with van der Waals surface area (Å²) >= 11 is 0. The molecule has 6 nitrogen and oxygen atoms in total. The summed E-state index contributed by atoms with van der Waals surface area (Å²) in [5.74, 6) is -1.86. The zero-order valence-corrected chi connectivity index (χ0v) is 13.5. The minimum atomic E-state index is -0.688. The number of para-hydroxylation sites is 1. The molecule has 2 amide bonds. The first-order valence-corrected chi connectivity index (χ1v) is 7.93. The largest absolute Gasteiger partial charge is 0.493 e. The van der Waals surface area contributed by atoms with Gasteiger partial charge in [-0.05, 0) is 24.3 Å². The maximum atomic E-state index is 13.8. The first kappa shape index (κ1) is 16.9. The van der Waals surface area contributed by atoms with E-state index in [2.05, 4.69) is 4.98 Å². The summed E-state index contributed by atoms with van der Waals surface area (Å²) in [6.07, 6.45) is 1.36. The number of hydrogen-bond donors (Lipinski definition) is 1. The summed E-state index contributed by atoms with van der Waals surface area (Å²) in [4.78, 5) is 29.4. The number of carbonyl (C=O) groups is 2. The predicted molar refractivity (Wildman–Crippen MR) is 88.2 cm³/mol. The van der Waals surface area contributed by atoms with E-state index in [0.717, 1.165) is 0 Å². The van der Waals surface area contributed by atoms with Crippen LogP contribution < -0.4 is 10.5 Å². The fourth-order valence-corrected chi connectivity index (χ4v) is 2.94. The third-order valence-corrected chi connectivity index (χ3v) is 4.26. The molecule has 1 aliphatic rings. The second-order valence-corrected chi connectivity index (χ2v) is 5.94. The molecule has 1 saturated heterocycles. The number of hydrogen-bond acceptors (Lipinski definition) is 4. The average Bonchev–Trinajstić information content (AvgIpc) is 3.05. The van der Waals surface area contributed by atoms with Gasteiger partial charge in [0, 0.05) is 25.2 Å². The molecular weight excluding hydrogens is 325 g/mol. The van der Waals surface area contributed by atoms with Gasteiger partial charge in [-0.15, -0.1) is 0 Å². The lowest BCUT2D eigenvalue weighted by molar-refractivity contribution is -0.122. The van der Waals surface area contributed by atoms with Gasteiger partial charge < -0.3 is 15.4 Å². The maximum Gasteiger partial charge on any atom is 0.275 e. The van der Waals surface area contributed by atoms with Crippen LogP contribution in [0.5, 0.6) is 5.75 Å². The highest BCUT2D eigenvalue weighted by molar-refractivity contribution is 5.93. The Morgan fingerprint density at radius 3 is 2.64 bits per heavy atom. The highest BCUT2D eigenvalue weighted by Crippen LogP contribution is 2.26. The zero-order chi connectivity index (χ0) is 17.8. The van der Waals surface area contributed by atoms with Crippen molar-refractivity contribution in [3.8, 4) is 5.75 Å². The van der Waals surface area contributed by atoms with Crippen molar-refractivity contribution >= 4 is 11.8 Å². The molecule has 3 rings (SSSR count). The fourth-order valence-electron chi connectivity index (χ4n) is 2.94. The van der Waals surface area contributed by atoms with Gasteiger partial charge >= 0.3 is 0 Å². The number of amides is 2. The minimum Gasteiger partial charge on any atom is -0.493 e. The molecule has 0 spiro atoms. The topological polar surface area (TPSA) is 85.5 Å². The van der Waals surface area contributed by atoms with Crippen LogP contribution >= 0.6 is 0 Å². The molecule has 130 valence electrons. The molecule has 0 bridgehead atoms. The lowest BCUT2D eigenvalue weighted by atomic mass is 9.96. The predicted octanol–water partition coefficient (Wildman–Crippen LogP) is 1.47. The number of rotatable bonds is 5. The van der Waals surface area contributed by atoms with E-state index >= 15 is 0 Å². The minimum absolute atomic E-state index is 0.132. The Balaban J connectivity index is 1.71. The number of aromatic nitrogens is 1. The molecule has 2 atom stereocenters. The Kier molecular flexibility index (Phi) is 4.92. The Bertz CT molecular complexity index is 769. The molecule has 7 heteroatoms. The van der Waals surface area contributed by atoms with E-state index in [1.807, 2.05) is 18.2 Å². The smallest absolute Gasteiger partial charge is 0.275 e. The Morgan fingerprint density at radius 1 is 1.20 bits per heavy atom. The Hall–Kier alpha value is -2.96. The van der Waals surface area contributed by atoms with E-state index in [9.17, 15) is 14.0 Å². The van der Waals surface area contributed by atoms with E-state index in [4.69, 9.17) is 10.5 Å². The van der Waals surface area contributed by atoms with E-state index < -0.39 is 23.5 Å². The van der Waals surface area contributed by atoms with Crippen molar-refractivity contribution < 1.29 is 18.7 Å². The van der Waals surface area contributed by atoms with Gasteiger partial charge in [0.15, 0.2) is 11.5 Å². The van der Waals surface area contributed by atoms with Crippen LogP contribution in [0.4, 0.5) is 4.39 Å². The van der Waals surface area contributed by atoms with Crippen molar-refractivity contribution in [3.63, 3.8) is 0 Å². The Morgan fingerprint density at radius 2 is 1.96 bits per heavy atom. The molecule has 2 N–H and O–H groups in total. The molecule has 1 aromatic heterocycles. The zero-order valence-electron chi connectivity index (χ0n) is 13.5. The standard InChI is InChI=1S/C18H18FN3O3/c19-15-7-4-8-21-16(15)18(24)22-9-12(14(10-22)17(20)23)11-25-13-5-2-1-3-6-13/h1-8,12,14H,9-11H2,(H2,20,23)/t12-,14+/m0/s1. The van der Waals surface area contributed by atoms with Gasteiger partial charge in [0.2, 0.25) is 5.91 Å². The molecule has 0 aliphatic carbocycles. The van der Waals surface area contributed by atoms with Crippen LogP contribution in [0.3, 0.4) is 0 Å². The van der Waals surface area contributed by atoms with Gasteiger partial charge in [-0.25, -0.2) is 9.37 Å². The molecule has 0 unspecified atom stereocenters. The van der Waals surface area contributed by atoms with Crippen LogP contribution in [-0.4, -0.2) is 41.4 Å². The number of halogens is 1. The molecule has 2 heterocycles. The number of likely N-dealkylation sites (tertiary alicyclic amines) is 1. The third kappa shape index (κ3) is 3.76. The van der Waals surface area contributed by atoms with Crippen molar-refractivity contribution in [3.05, 3.63) is 60.2 Å². The van der Waals surface area contributed by atoms with Gasteiger partial charge in [-0.2, -0.15) is 0 Å². The van der Waals surface area contributed by atoms with Crippen molar-refractivity contribution in [2.45, 2.75) is 0 Å². The monoisotopic (exact) mass is 343 g/mol.